The van der Waals surface area contributed by atoms with Gasteiger partial charge in [-0.2, -0.15) is 0 Å². The molecule has 0 saturated carbocycles. The second kappa shape index (κ2) is 5.56. The molecule has 0 aliphatic carbocycles. The van der Waals surface area contributed by atoms with E-state index in [0.29, 0.717) is 11.5 Å². The first-order chi connectivity index (χ1) is 9.10. The van der Waals surface area contributed by atoms with Gasteiger partial charge in [-0.15, -0.1) is 0 Å². The number of carbonyl (C=O) groups excluding carboxylic acids is 1. The highest BCUT2D eigenvalue weighted by atomic mass is 16.5. The monoisotopic (exact) mass is 261 g/mol. The van der Waals surface area contributed by atoms with Gasteiger partial charge in [-0.05, 0) is 24.6 Å². The number of esters is 1. The number of phenols is 1. The molecule has 2 aromatic rings. The van der Waals surface area contributed by atoms with Crippen LogP contribution in [0.2, 0.25) is 0 Å². The highest BCUT2D eigenvalue weighted by molar-refractivity contribution is 5.71. The number of methoxy groups -OCH3 is 1. The lowest BCUT2D eigenvalue weighted by atomic mass is 9.92. The maximum atomic E-state index is 11.5. The maximum absolute atomic E-state index is 11.5. The Labute approximate surface area is 110 Å². The second-order valence-corrected chi connectivity index (χ2v) is 4.29. The van der Waals surface area contributed by atoms with Crippen molar-refractivity contribution >= 4 is 5.97 Å². The number of benzene rings is 1. The van der Waals surface area contributed by atoms with Crippen molar-refractivity contribution in [3.8, 4) is 5.75 Å². The summed E-state index contributed by atoms with van der Waals surface area (Å²) < 4.78 is 9.76. The van der Waals surface area contributed by atoms with Crippen molar-refractivity contribution in [1.29, 1.82) is 0 Å². The summed E-state index contributed by atoms with van der Waals surface area (Å²) in [4.78, 5) is 11.5. The van der Waals surface area contributed by atoms with Gasteiger partial charge in [0.1, 0.15) is 11.5 Å². The van der Waals surface area contributed by atoms with Crippen LogP contribution in [0.4, 0.5) is 0 Å². The number of ether oxygens (including phenoxy) is 1. The highest BCUT2D eigenvalue weighted by Crippen LogP contribution is 2.29. The molecule has 0 amide bonds. The molecule has 19 heavy (non-hydrogen) atoms. The Morgan fingerprint density at radius 1 is 1.42 bits per heavy atom. The first-order valence-electron chi connectivity index (χ1n) is 5.89. The number of aromatic nitrogens is 1. The van der Waals surface area contributed by atoms with Crippen molar-refractivity contribution < 1.29 is 19.2 Å². The molecule has 100 valence electrons. The maximum Gasteiger partial charge on any atom is 0.306 e. The van der Waals surface area contributed by atoms with E-state index in [1.54, 1.807) is 37.3 Å². The summed E-state index contributed by atoms with van der Waals surface area (Å²) in [6.45, 7) is 1.79. The van der Waals surface area contributed by atoms with Gasteiger partial charge < -0.3 is 14.4 Å². The van der Waals surface area contributed by atoms with Crippen molar-refractivity contribution in [2.75, 3.05) is 7.11 Å². The molecule has 0 radical (unpaired) electrons. The van der Waals surface area contributed by atoms with Gasteiger partial charge in [0.25, 0.3) is 0 Å². The molecule has 0 fully saturated rings. The first kappa shape index (κ1) is 13.1. The zero-order valence-corrected chi connectivity index (χ0v) is 10.8. The molecule has 0 bridgehead atoms. The number of nitrogens with zero attached hydrogens (tertiary/aromatic N) is 1. The molecule has 1 N–H and O–H groups in total. The van der Waals surface area contributed by atoms with E-state index in [1.165, 1.54) is 7.11 Å². The van der Waals surface area contributed by atoms with E-state index < -0.39 is 0 Å². The fourth-order valence-corrected chi connectivity index (χ4v) is 1.90. The van der Waals surface area contributed by atoms with Crippen molar-refractivity contribution in [1.82, 2.24) is 5.16 Å². The Morgan fingerprint density at radius 3 is 2.63 bits per heavy atom. The number of rotatable bonds is 4. The molecule has 5 nitrogen and oxygen atoms in total. The van der Waals surface area contributed by atoms with Crippen LogP contribution >= 0.6 is 0 Å². The quantitative estimate of drug-likeness (QED) is 0.855. The summed E-state index contributed by atoms with van der Waals surface area (Å²) >= 11 is 0. The minimum Gasteiger partial charge on any atom is -0.508 e. The van der Waals surface area contributed by atoms with Gasteiger partial charge in [0.05, 0.1) is 19.2 Å². The number of aromatic hydroxyl groups is 1. The van der Waals surface area contributed by atoms with Gasteiger partial charge in [0.2, 0.25) is 0 Å². The lowest BCUT2D eigenvalue weighted by molar-refractivity contribution is -0.140. The third kappa shape index (κ3) is 3.13. The Hall–Kier alpha value is -2.30. The largest absolute Gasteiger partial charge is 0.508 e. The van der Waals surface area contributed by atoms with Crippen LogP contribution in [0.5, 0.6) is 5.75 Å². The number of phenolic OH excluding ortho intramolecular Hbond substituents is 1. The predicted octanol–water partition coefficient (Wildman–Crippen LogP) is 2.38. The molecule has 0 aliphatic heterocycles. The van der Waals surface area contributed by atoms with E-state index in [0.717, 1.165) is 5.56 Å². The van der Waals surface area contributed by atoms with Crippen LogP contribution in [0.3, 0.4) is 0 Å². The van der Waals surface area contributed by atoms with Crippen molar-refractivity contribution in [3.63, 3.8) is 0 Å². The molecular formula is C14H15NO4. The summed E-state index contributed by atoms with van der Waals surface area (Å²) in [5, 5.41) is 13.3. The minimum absolute atomic E-state index is 0.174. The molecule has 1 aromatic carbocycles. The molecule has 1 aromatic heterocycles. The Morgan fingerprint density at radius 2 is 2.11 bits per heavy atom. The van der Waals surface area contributed by atoms with E-state index in [9.17, 15) is 9.90 Å². The average molecular weight is 261 g/mol. The lowest BCUT2D eigenvalue weighted by Gasteiger charge is -2.13. The smallest absolute Gasteiger partial charge is 0.306 e. The molecule has 5 heteroatoms. The first-order valence-corrected chi connectivity index (χ1v) is 5.89. The standard InChI is InChI=1S/C14H15NO4/c1-9-7-13(15-19-9)12(8-14(17)18-2)10-3-5-11(16)6-4-10/h3-7,12,16H,8H2,1-2H3. The Bertz CT molecular complexity index is 559. The molecule has 1 heterocycles. The normalized spacial score (nSPS) is 12.1. The van der Waals surface area contributed by atoms with Gasteiger partial charge in [-0.25, -0.2) is 0 Å². The van der Waals surface area contributed by atoms with Gasteiger partial charge in [-0.1, -0.05) is 17.3 Å². The van der Waals surface area contributed by atoms with Crippen LogP contribution in [0.25, 0.3) is 0 Å². The third-order valence-electron chi connectivity index (χ3n) is 2.90. The number of hydrogen-bond donors (Lipinski definition) is 1. The highest BCUT2D eigenvalue weighted by Gasteiger charge is 2.22. The molecular weight excluding hydrogens is 246 g/mol. The molecule has 0 aliphatic rings. The van der Waals surface area contributed by atoms with Crippen LogP contribution in [0, 0.1) is 6.92 Å². The summed E-state index contributed by atoms with van der Waals surface area (Å²) in [6.07, 6.45) is 0.174. The topological polar surface area (TPSA) is 72.6 Å². The van der Waals surface area contributed by atoms with Gasteiger partial charge in [0, 0.05) is 12.0 Å². The fourth-order valence-electron chi connectivity index (χ4n) is 1.90. The van der Waals surface area contributed by atoms with Gasteiger partial charge >= 0.3 is 5.97 Å². The Kier molecular flexibility index (Phi) is 3.85. The van der Waals surface area contributed by atoms with E-state index in [-0.39, 0.29) is 24.1 Å². The van der Waals surface area contributed by atoms with Crippen LogP contribution in [-0.2, 0) is 9.53 Å². The molecule has 1 atom stereocenters. The summed E-state index contributed by atoms with van der Waals surface area (Å²) in [7, 11) is 1.35. The summed E-state index contributed by atoms with van der Waals surface area (Å²) in [6, 6.07) is 8.46. The van der Waals surface area contributed by atoms with E-state index in [1.807, 2.05) is 0 Å². The van der Waals surface area contributed by atoms with Crippen LogP contribution in [0.1, 0.15) is 29.4 Å². The van der Waals surface area contributed by atoms with Gasteiger partial charge in [-0.3, -0.25) is 4.79 Å². The Balaban J connectivity index is 2.33. The van der Waals surface area contributed by atoms with E-state index >= 15 is 0 Å². The zero-order valence-electron chi connectivity index (χ0n) is 10.8. The number of carbonyl (C=O) groups is 1. The van der Waals surface area contributed by atoms with Gasteiger partial charge in [0.15, 0.2) is 0 Å². The lowest BCUT2D eigenvalue weighted by Crippen LogP contribution is -2.10. The minimum atomic E-state index is -0.321. The fraction of sp³-hybridized carbons (Fsp3) is 0.286. The molecule has 2 rings (SSSR count). The average Bonchev–Trinajstić information content (AvgIpc) is 2.83. The summed E-state index contributed by atoms with van der Waals surface area (Å²) in [5.74, 6) is 0.296. The number of aryl methyl sites for hydroxylation is 1. The predicted molar refractivity (Wildman–Crippen MR) is 67.8 cm³/mol. The number of hydrogen-bond acceptors (Lipinski definition) is 5. The molecule has 0 spiro atoms. The van der Waals surface area contributed by atoms with Crippen LogP contribution in [-0.4, -0.2) is 23.3 Å². The van der Waals surface area contributed by atoms with E-state index in [4.69, 9.17) is 9.26 Å². The van der Waals surface area contributed by atoms with Crippen molar-refractivity contribution in [3.05, 3.63) is 47.3 Å². The molecule has 1 unspecified atom stereocenters. The van der Waals surface area contributed by atoms with Crippen LogP contribution < -0.4 is 0 Å². The van der Waals surface area contributed by atoms with Crippen LogP contribution in [0.15, 0.2) is 34.9 Å². The second-order valence-electron chi connectivity index (χ2n) is 4.29. The molecule has 0 saturated heterocycles. The van der Waals surface area contributed by atoms with Crippen molar-refractivity contribution in [2.24, 2.45) is 0 Å². The summed E-state index contributed by atoms with van der Waals surface area (Å²) in [5.41, 5.74) is 1.55. The van der Waals surface area contributed by atoms with Crippen molar-refractivity contribution in [2.45, 2.75) is 19.3 Å². The van der Waals surface area contributed by atoms with E-state index in [2.05, 4.69) is 5.16 Å². The zero-order chi connectivity index (χ0) is 13.8. The third-order valence-corrected chi connectivity index (χ3v) is 2.90. The SMILES string of the molecule is COC(=O)CC(c1ccc(O)cc1)c1cc(C)on1.